The monoisotopic (exact) mass is 509 g/mol. The van der Waals surface area contributed by atoms with Crippen molar-refractivity contribution in [3.8, 4) is 17.3 Å². The molecule has 174 valence electrons. The molecule has 36 heavy (non-hydrogen) atoms. The third-order valence-corrected chi connectivity index (χ3v) is 6.52. The third-order valence-electron chi connectivity index (χ3n) is 5.41. The molecule has 5 rings (SSSR count). The largest absolute Gasteiger partial charge is 0.422 e. The molecule has 0 amide bonds. The fourth-order valence-electron chi connectivity index (χ4n) is 3.63. The lowest BCUT2D eigenvalue weighted by atomic mass is 10.0. The molecular formula is C28H16ClN3O3S. The SMILES string of the molecule is N#C/C(=C\Nc1ccc(Cl)cc1C(=O)c1ccccc1)c1nc(-c2cc3ccccc3oc2=O)cs1. The van der Waals surface area contributed by atoms with E-state index in [4.69, 9.17) is 16.0 Å². The van der Waals surface area contributed by atoms with E-state index < -0.39 is 5.63 Å². The van der Waals surface area contributed by atoms with Gasteiger partial charge in [-0.05, 0) is 30.3 Å². The number of benzene rings is 3. The number of anilines is 1. The summed E-state index contributed by atoms with van der Waals surface area (Å²) < 4.78 is 5.40. The highest BCUT2D eigenvalue weighted by Crippen LogP contribution is 2.28. The molecule has 5 aromatic rings. The van der Waals surface area contributed by atoms with Crippen LogP contribution in [0.2, 0.25) is 5.02 Å². The number of hydrogen-bond acceptors (Lipinski definition) is 7. The van der Waals surface area contributed by atoms with Gasteiger partial charge in [0.2, 0.25) is 0 Å². The first-order valence-corrected chi connectivity index (χ1v) is 12.0. The number of rotatable bonds is 6. The topological polar surface area (TPSA) is 96.0 Å². The van der Waals surface area contributed by atoms with Crippen molar-refractivity contribution >= 4 is 51.0 Å². The molecule has 2 heterocycles. The standard InChI is InChI=1S/C28H16ClN3O3S/c29-20-10-11-23(21(13-20)26(33)17-6-2-1-3-7-17)31-15-19(14-30)27-32-24(16-36-27)22-12-18-8-4-5-9-25(18)35-28(22)34/h1-13,15-16,31H/b19-15+. The molecule has 0 aliphatic rings. The van der Waals surface area contributed by atoms with Crippen LogP contribution in [0.3, 0.4) is 0 Å². The molecule has 1 N–H and O–H groups in total. The number of nitriles is 1. The number of halogens is 1. The van der Waals surface area contributed by atoms with Gasteiger partial charge in [0, 0.05) is 38.8 Å². The van der Waals surface area contributed by atoms with Gasteiger partial charge in [0.15, 0.2) is 5.78 Å². The van der Waals surface area contributed by atoms with Crippen LogP contribution in [0.25, 0.3) is 27.8 Å². The first kappa shape index (κ1) is 23.2. The fraction of sp³-hybridized carbons (Fsp3) is 0. The Morgan fingerprint density at radius 2 is 1.83 bits per heavy atom. The van der Waals surface area contributed by atoms with Crippen LogP contribution in [0.4, 0.5) is 5.69 Å². The summed E-state index contributed by atoms with van der Waals surface area (Å²) >= 11 is 7.38. The van der Waals surface area contributed by atoms with Gasteiger partial charge >= 0.3 is 5.63 Å². The summed E-state index contributed by atoms with van der Waals surface area (Å²) in [4.78, 5) is 30.0. The predicted octanol–water partition coefficient (Wildman–Crippen LogP) is 6.78. The zero-order valence-electron chi connectivity index (χ0n) is 18.6. The fourth-order valence-corrected chi connectivity index (χ4v) is 4.59. The number of hydrogen-bond donors (Lipinski definition) is 1. The Balaban J connectivity index is 1.46. The van der Waals surface area contributed by atoms with E-state index in [-0.39, 0.29) is 11.4 Å². The van der Waals surface area contributed by atoms with Crippen LogP contribution in [0.5, 0.6) is 0 Å². The van der Waals surface area contributed by atoms with Gasteiger partial charge in [0.05, 0.1) is 11.3 Å². The Bertz CT molecular complexity index is 1730. The summed E-state index contributed by atoms with van der Waals surface area (Å²) in [7, 11) is 0. The number of aromatic nitrogens is 1. The number of thiazole rings is 1. The summed E-state index contributed by atoms with van der Waals surface area (Å²) in [6.07, 6.45) is 1.48. The van der Waals surface area contributed by atoms with Crippen molar-refractivity contribution in [1.29, 1.82) is 5.26 Å². The maximum absolute atomic E-state index is 13.1. The quantitative estimate of drug-likeness (QED) is 0.154. The molecule has 8 heteroatoms. The Kier molecular flexibility index (Phi) is 6.46. The number of carbonyl (C=O) groups excluding carboxylic acids is 1. The van der Waals surface area contributed by atoms with Crippen LogP contribution in [0.15, 0.2) is 99.7 Å². The number of nitrogens with zero attached hydrogens (tertiary/aromatic N) is 2. The van der Waals surface area contributed by atoms with Crippen LogP contribution in [0.1, 0.15) is 20.9 Å². The average molecular weight is 510 g/mol. The highest BCUT2D eigenvalue weighted by Gasteiger charge is 2.16. The minimum absolute atomic E-state index is 0.202. The van der Waals surface area contributed by atoms with Crippen LogP contribution in [-0.4, -0.2) is 10.8 Å². The molecule has 6 nitrogen and oxygen atoms in total. The second-order valence-corrected chi connectivity index (χ2v) is 9.02. The van der Waals surface area contributed by atoms with Gasteiger partial charge < -0.3 is 9.73 Å². The van der Waals surface area contributed by atoms with Crippen LogP contribution < -0.4 is 10.9 Å². The molecular weight excluding hydrogens is 494 g/mol. The maximum Gasteiger partial charge on any atom is 0.345 e. The van der Waals surface area contributed by atoms with E-state index in [9.17, 15) is 14.9 Å². The van der Waals surface area contributed by atoms with E-state index in [1.54, 1.807) is 66.0 Å². The molecule has 0 radical (unpaired) electrons. The molecule has 0 unspecified atom stereocenters. The first-order valence-electron chi connectivity index (χ1n) is 10.8. The lowest BCUT2D eigenvalue weighted by molar-refractivity contribution is 0.103. The summed E-state index contributed by atoms with van der Waals surface area (Å²) in [5, 5.41) is 16.1. The van der Waals surface area contributed by atoms with Gasteiger partial charge in [0.25, 0.3) is 0 Å². The molecule has 0 spiro atoms. The highest BCUT2D eigenvalue weighted by atomic mass is 35.5. The first-order chi connectivity index (χ1) is 17.5. The molecule has 0 bridgehead atoms. The van der Waals surface area contributed by atoms with Crippen molar-refractivity contribution in [2.24, 2.45) is 0 Å². The van der Waals surface area contributed by atoms with Gasteiger partial charge in [-0.1, -0.05) is 60.1 Å². The minimum atomic E-state index is -0.503. The van der Waals surface area contributed by atoms with Crippen molar-refractivity contribution in [3.63, 3.8) is 0 Å². The Labute approximate surface area is 214 Å². The van der Waals surface area contributed by atoms with Gasteiger partial charge in [-0.25, -0.2) is 9.78 Å². The lowest BCUT2D eigenvalue weighted by Crippen LogP contribution is -2.05. The summed E-state index contributed by atoms with van der Waals surface area (Å²) in [5.41, 5.74) is 2.35. The second kappa shape index (κ2) is 10.0. The number of nitrogens with one attached hydrogen (secondary N) is 1. The Morgan fingerprint density at radius 1 is 1.06 bits per heavy atom. The van der Waals surface area contributed by atoms with E-state index in [1.165, 1.54) is 17.5 Å². The van der Waals surface area contributed by atoms with E-state index in [1.807, 2.05) is 18.2 Å². The van der Waals surface area contributed by atoms with Crippen molar-refractivity contribution < 1.29 is 9.21 Å². The average Bonchev–Trinajstić information content (AvgIpc) is 3.39. The van der Waals surface area contributed by atoms with E-state index in [2.05, 4.69) is 16.4 Å². The van der Waals surface area contributed by atoms with Crippen molar-refractivity contribution in [3.05, 3.63) is 122 Å². The molecule has 0 saturated heterocycles. The Morgan fingerprint density at radius 3 is 2.64 bits per heavy atom. The van der Waals surface area contributed by atoms with Gasteiger partial charge in [-0.3, -0.25) is 4.79 Å². The van der Waals surface area contributed by atoms with Gasteiger partial charge in [-0.2, -0.15) is 5.26 Å². The number of ketones is 1. The zero-order valence-corrected chi connectivity index (χ0v) is 20.1. The minimum Gasteiger partial charge on any atom is -0.422 e. The van der Waals surface area contributed by atoms with Crippen molar-refractivity contribution in [2.45, 2.75) is 0 Å². The molecule has 0 atom stereocenters. The molecule has 3 aromatic carbocycles. The molecule has 2 aromatic heterocycles. The molecule has 0 aliphatic carbocycles. The maximum atomic E-state index is 13.1. The van der Waals surface area contributed by atoms with Crippen molar-refractivity contribution in [1.82, 2.24) is 4.98 Å². The lowest BCUT2D eigenvalue weighted by Gasteiger charge is -2.10. The second-order valence-electron chi connectivity index (χ2n) is 7.72. The van der Waals surface area contributed by atoms with Crippen LogP contribution in [0, 0.1) is 11.3 Å². The van der Waals surface area contributed by atoms with E-state index >= 15 is 0 Å². The van der Waals surface area contributed by atoms with Crippen LogP contribution >= 0.6 is 22.9 Å². The summed E-state index contributed by atoms with van der Waals surface area (Å²) in [6, 6.07) is 24.8. The van der Waals surface area contributed by atoms with Crippen molar-refractivity contribution in [2.75, 3.05) is 5.32 Å². The third kappa shape index (κ3) is 4.68. The van der Waals surface area contributed by atoms with E-state index in [0.717, 1.165) is 5.39 Å². The summed E-state index contributed by atoms with van der Waals surface area (Å²) in [6.45, 7) is 0. The number of allylic oxidation sites excluding steroid dienone is 1. The smallest absolute Gasteiger partial charge is 0.345 e. The predicted molar refractivity (Wildman–Crippen MR) is 142 cm³/mol. The zero-order chi connectivity index (χ0) is 25.1. The molecule has 0 fully saturated rings. The number of para-hydroxylation sites is 1. The number of fused-ring (bicyclic) bond motifs is 1. The van der Waals surface area contributed by atoms with E-state index in [0.29, 0.717) is 43.7 Å². The molecule has 0 aliphatic heterocycles. The van der Waals surface area contributed by atoms with Gasteiger partial charge in [0.1, 0.15) is 22.2 Å². The highest BCUT2D eigenvalue weighted by molar-refractivity contribution is 7.11. The molecule has 0 saturated carbocycles. The number of carbonyl (C=O) groups is 1. The van der Waals surface area contributed by atoms with Crippen LogP contribution in [-0.2, 0) is 0 Å². The normalized spacial score (nSPS) is 11.3. The Hall–Kier alpha value is -4.51. The van der Waals surface area contributed by atoms with Gasteiger partial charge in [-0.15, -0.1) is 11.3 Å². The summed E-state index contributed by atoms with van der Waals surface area (Å²) in [5.74, 6) is -0.202.